The van der Waals surface area contributed by atoms with Gasteiger partial charge in [-0.15, -0.1) is 0 Å². The van der Waals surface area contributed by atoms with Gasteiger partial charge in [-0.25, -0.2) is 15.0 Å². The molecule has 0 radical (unpaired) electrons. The van der Waals surface area contributed by atoms with Crippen LogP contribution in [0.25, 0.3) is 33.4 Å². The van der Waals surface area contributed by atoms with Crippen molar-refractivity contribution in [1.29, 1.82) is 0 Å². The number of hydrogen-bond donors (Lipinski definition) is 2. The number of carbonyl (C=O) groups excluding carboxylic acids is 1. The number of nitrogens with one attached hydrogen (secondary N) is 2. The van der Waals surface area contributed by atoms with Crippen LogP contribution in [0.3, 0.4) is 0 Å². The summed E-state index contributed by atoms with van der Waals surface area (Å²) in [4.78, 5) is 26.5. The summed E-state index contributed by atoms with van der Waals surface area (Å²) >= 11 is 1.51. The predicted molar refractivity (Wildman–Crippen MR) is 137 cm³/mol. The quantitative estimate of drug-likeness (QED) is 0.315. The number of hydrogen-bond acceptors (Lipinski definition) is 6. The maximum Gasteiger partial charge on any atom is 0.223 e. The molecule has 7 heteroatoms. The lowest BCUT2D eigenvalue weighted by Gasteiger charge is -2.21. The molecule has 172 valence electrons. The maximum atomic E-state index is 12.5. The molecule has 1 amide bonds. The van der Waals surface area contributed by atoms with E-state index in [1.54, 1.807) is 0 Å². The Morgan fingerprint density at radius 1 is 1.03 bits per heavy atom. The molecule has 0 spiro atoms. The second-order valence-corrected chi connectivity index (χ2v) is 9.23. The number of pyridine rings is 1. The number of amides is 1. The van der Waals surface area contributed by atoms with E-state index in [-0.39, 0.29) is 11.8 Å². The number of benzene rings is 2. The number of nitrogens with zero attached hydrogens (tertiary/aromatic N) is 3. The number of fused-ring (bicyclic) bond motifs is 1. The molecular weight excluding hydrogens is 442 g/mol. The summed E-state index contributed by atoms with van der Waals surface area (Å²) in [7, 11) is 0. The van der Waals surface area contributed by atoms with E-state index >= 15 is 0 Å². The zero-order valence-corrected chi connectivity index (χ0v) is 19.9. The number of rotatable bonds is 6. The lowest BCUT2D eigenvalue weighted by Crippen LogP contribution is -2.37. The number of carbonyl (C=O) groups is 1. The van der Waals surface area contributed by atoms with Crippen molar-refractivity contribution in [2.45, 2.75) is 24.5 Å². The highest BCUT2D eigenvalue weighted by Gasteiger charge is 2.20. The first-order valence-corrected chi connectivity index (χ1v) is 12.8. The summed E-state index contributed by atoms with van der Waals surface area (Å²) in [6.45, 7) is 2.36. The molecule has 2 aromatic carbocycles. The predicted octanol–water partition coefficient (Wildman–Crippen LogP) is 4.70. The second-order valence-electron chi connectivity index (χ2n) is 8.46. The van der Waals surface area contributed by atoms with Crippen LogP contribution in [-0.4, -0.2) is 40.2 Å². The molecule has 34 heavy (non-hydrogen) atoms. The summed E-state index contributed by atoms with van der Waals surface area (Å²) in [5, 5.41) is 8.03. The van der Waals surface area contributed by atoms with E-state index in [1.165, 1.54) is 11.8 Å². The smallest absolute Gasteiger partial charge is 0.223 e. The molecule has 1 fully saturated rings. The van der Waals surface area contributed by atoms with Crippen LogP contribution in [0.15, 0.2) is 72.0 Å². The molecule has 0 saturated carbocycles. The summed E-state index contributed by atoms with van der Waals surface area (Å²) in [6.07, 6.45) is 5.61. The fourth-order valence-corrected chi connectivity index (χ4v) is 4.64. The molecule has 1 aliphatic rings. The van der Waals surface area contributed by atoms with Gasteiger partial charge in [0.15, 0.2) is 10.8 Å². The first-order valence-electron chi connectivity index (χ1n) is 11.6. The van der Waals surface area contributed by atoms with Crippen LogP contribution in [-0.2, 0) is 11.3 Å². The second kappa shape index (κ2) is 10.3. The summed E-state index contributed by atoms with van der Waals surface area (Å²) < 4.78 is 0. The monoisotopic (exact) mass is 469 g/mol. The fourth-order valence-electron chi connectivity index (χ4n) is 4.30. The van der Waals surface area contributed by atoms with Crippen LogP contribution in [0.1, 0.15) is 18.4 Å². The van der Waals surface area contributed by atoms with Gasteiger partial charge >= 0.3 is 0 Å². The van der Waals surface area contributed by atoms with Gasteiger partial charge in [0.2, 0.25) is 5.91 Å². The van der Waals surface area contributed by atoms with E-state index in [1.807, 2.05) is 30.7 Å². The van der Waals surface area contributed by atoms with Gasteiger partial charge in [-0.3, -0.25) is 4.79 Å². The van der Waals surface area contributed by atoms with Crippen LogP contribution in [0.4, 0.5) is 0 Å². The maximum absolute atomic E-state index is 12.5. The third kappa shape index (κ3) is 4.95. The Labute approximate surface area is 203 Å². The first-order chi connectivity index (χ1) is 16.7. The molecular formula is C27H27N5OS. The first kappa shape index (κ1) is 22.5. The van der Waals surface area contributed by atoms with E-state index in [4.69, 9.17) is 4.98 Å². The molecule has 0 atom stereocenters. The Morgan fingerprint density at radius 3 is 2.53 bits per heavy atom. The fraction of sp³-hybridized carbons (Fsp3) is 0.259. The largest absolute Gasteiger partial charge is 0.352 e. The highest BCUT2D eigenvalue weighted by molar-refractivity contribution is 7.98. The Morgan fingerprint density at radius 2 is 1.79 bits per heavy atom. The third-order valence-electron chi connectivity index (χ3n) is 6.22. The van der Waals surface area contributed by atoms with Gasteiger partial charge in [0, 0.05) is 35.2 Å². The zero-order chi connectivity index (χ0) is 23.3. The van der Waals surface area contributed by atoms with E-state index in [2.05, 4.69) is 63.1 Å². The van der Waals surface area contributed by atoms with Gasteiger partial charge < -0.3 is 10.6 Å². The third-order valence-corrected chi connectivity index (χ3v) is 6.78. The topological polar surface area (TPSA) is 79.8 Å². The van der Waals surface area contributed by atoms with Crippen molar-refractivity contribution in [3.05, 3.63) is 72.4 Å². The van der Waals surface area contributed by atoms with E-state index < -0.39 is 0 Å². The van der Waals surface area contributed by atoms with Crippen molar-refractivity contribution >= 4 is 28.7 Å². The van der Waals surface area contributed by atoms with Crippen molar-refractivity contribution in [2.24, 2.45) is 5.92 Å². The van der Waals surface area contributed by atoms with Gasteiger partial charge in [0.1, 0.15) is 0 Å². The normalized spacial score (nSPS) is 14.3. The number of thioether (sulfide) groups is 1. The molecule has 1 saturated heterocycles. The average molecular weight is 470 g/mol. The zero-order valence-electron chi connectivity index (χ0n) is 19.1. The van der Waals surface area contributed by atoms with Gasteiger partial charge in [0.05, 0.1) is 5.69 Å². The Kier molecular flexibility index (Phi) is 6.83. The van der Waals surface area contributed by atoms with Gasteiger partial charge in [-0.05, 0) is 49.4 Å². The highest BCUT2D eigenvalue weighted by atomic mass is 32.2. The van der Waals surface area contributed by atoms with Crippen LogP contribution < -0.4 is 10.6 Å². The van der Waals surface area contributed by atoms with Crippen LogP contribution in [0.5, 0.6) is 0 Å². The van der Waals surface area contributed by atoms with Crippen molar-refractivity contribution < 1.29 is 4.79 Å². The molecule has 3 heterocycles. The van der Waals surface area contributed by atoms with Crippen molar-refractivity contribution in [2.75, 3.05) is 19.3 Å². The van der Waals surface area contributed by atoms with Crippen LogP contribution in [0.2, 0.25) is 0 Å². The summed E-state index contributed by atoms with van der Waals surface area (Å²) in [5.41, 5.74) is 5.79. The van der Waals surface area contributed by atoms with Crippen LogP contribution >= 0.6 is 11.8 Å². The molecule has 6 nitrogen and oxygen atoms in total. The molecule has 2 N–H and O–H groups in total. The minimum atomic E-state index is 0.115. The molecule has 0 aliphatic carbocycles. The van der Waals surface area contributed by atoms with E-state index in [9.17, 15) is 4.79 Å². The SMILES string of the molecule is CSc1ncc2cc(-c3ccccc3)c(-c3ccc(CNC(=O)C4CCNCC4)cc3)nc2n1. The number of piperidine rings is 1. The molecule has 5 rings (SSSR count). The Hall–Kier alpha value is -3.29. The Bertz CT molecular complexity index is 1290. The average Bonchev–Trinajstić information content (AvgIpc) is 2.92. The molecule has 0 unspecified atom stereocenters. The van der Waals surface area contributed by atoms with Crippen molar-refractivity contribution in [3.63, 3.8) is 0 Å². The summed E-state index contributed by atoms with van der Waals surface area (Å²) in [6, 6.07) is 20.6. The highest BCUT2D eigenvalue weighted by Crippen LogP contribution is 2.33. The van der Waals surface area contributed by atoms with Gasteiger partial charge in [0.25, 0.3) is 0 Å². The minimum absolute atomic E-state index is 0.115. The van der Waals surface area contributed by atoms with E-state index in [0.717, 1.165) is 59.3 Å². The molecule has 1 aliphatic heterocycles. The lowest BCUT2D eigenvalue weighted by atomic mass is 9.97. The Balaban J connectivity index is 1.43. The standard InChI is InChI=1S/C27H27N5OS/c1-34-27-30-17-22-15-23(19-5-3-2-4-6-19)24(31-25(22)32-27)20-9-7-18(8-10-20)16-29-26(33)21-11-13-28-14-12-21/h2-10,15,17,21,28H,11-14,16H2,1H3,(H,29,33). The van der Waals surface area contributed by atoms with Crippen LogP contribution in [0, 0.1) is 5.92 Å². The molecule has 4 aromatic rings. The lowest BCUT2D eigenvalue weighted by molar-refractivity contribution is -0.125. The van der Waals surface area contributed by atoms with Gasteiger partial charge in [-0.1, -0.05) is 66.4 Å². The molecule has 2 aromatic heterocycles. The van der Waals surface area contributed by atoms with Crippen molar-refractivity contribution in [3.8, 4) is 22.4 Å². The van der Waals surface area contributed by atoms with E-state index in [0.29, 0.717) is 17.3 Å². The van der Waals surface area contributed by atoms with Crippen molar-refractivity contribution in [1.82, 2.24) is 25.6 Å². The number of aromatic nitrogens is 3. The minimum Gasteiger partial charge on any atom is -0.352 e. The molecule has 0 bridgehead atoms. The van der Waals surface area contributed by atoms with Gasteiger partial charge in [-0.2, -0.15) is 0 Å². The summed E-state index contributed by atoms with van der Waals surface area (Å²) in [5.74, 6) is 0.265.